The summed E-state index contributed by atoms with van der Waals surface area (Å²) in [5, 5.41) is 9.51. The van der Waals surface area contributed by atoms with Crippen molar-refractivity contribution in [2.24, 2.45) is 28.1 Å². The van der Waals surface area contributed by atoms with Crippen molar-refractivity contribution in [3.8, 4) is 0 Å². The predicted octanol–water partition coefficient (Wildman–Crippen LogP) is 3.60. The topological polar surface area (TPSA) is 80.7 Å². The smallest absolute Gasteiger partial charge is 0.311 e. The maximum Gasteiger partial charge on any atom is 0.311 e. The van der Waals surface area contributed by atoms with Gasteiger partial charge in [0.1, 0.15) is 5.78 Å². The molecule has 3 rings (SSSR count). The first-order chi connectivity index (χ1) is 11.7. The summed E-state index contributed by atoms with van der Waals surface area (Å²) in [6, 6.07) is 0. The van der Waals surface area contributed by atoms with Crippen molar-refractivity contribution >= 4 is 17.7 Å². The SMILES string of the molecule is COC(=O)[C@]1(C)CCC[C@@]2(C)C3CCC(=O)C[C@]3(CC(=O)O)CCC21. The summed E-state index contributed by atoms with van der Waals surface area (Å²) in [7, 11) is 1.45. The number of ether oxygens (including phenoxy) is 1. The number of Topliss-reactive ketones (excluding diaryl/α,β-unsaturated/α-hetero) is 1. The van der Waals surface area contributed by atoms with E-state index in [0.29, 0.717) is 12.8 Å². The Bertz CT molecular complexity index is 595. The maximum absolute atomic E-state index is 12.6. The molecule has 25 heavy (non-hydrogen) atoms. The highest BCUT2D eigenvalue weighted by Gasteiger charge is 2.64. The van der Waals surface area contributed by atoms with Crippen molar-refractivity contribution < 1.29 is 24.2 Å². The van der Waals surface area contributed by atoms with E-state index in [4.69, 9.17) is 4.74 Å². The third-order valence-corrected chi connectivity index (χ3v) is 7.86. The molecule has 5 atom stereocenters. The van der Waals surface area contributed by atoms with E-state index in [9.17, 15) is 19.5 Å². The number of carbonyl (C=O) groups excluding carboxylic acids is 2. The molecule has 0 radical (unpaired) electrons. The molecule has 0 spiro atoms. The number of ketones is 1. The van der Waals surface area contributed by atoms with Crippen LogP contribution in [-0.4, -0.2) is 29.9 Å². The summed E-state index contributed by atoms with van der Waals surface area (Å²) in [5.41, 5.74) is -1.03. The molecular weight excluding hydrogens is 320 g/mol. The number of carboxylic acids is 1. The van der Waals surface area contributed by atoms with E-state index in [1.54, 1.807) is 0 Å². The van der Waals surface area contributed by atoms with Gasteiger partial charge in [0.05, 0.1) is 18.9 Å². The Labute approximate surface area is 149 Å². The van der Waals surface area contributed by atoms with Crippen LogP contribution in [-0.2, 0) is 19.1 Å². The van der Waals surface area contributed by atoms with Crippen molar-refractivity contribution in [3.05, 3.63) is 0 Å². The molecule has 0 aliphatic heterocycles. The number of methoxy groups -OCH3 is 1. The molecule has 3 fully saturated rings. The van der Waals surface area contributed by atoms with Crippen LogP contribution in [0.15, 0.2) is 0 Å². The van der Waals surface area contributed by atoms with Gasteiger partial charge in [0, 0.05) is 12.8 Å². The predicted molar refractivity (Wildman–Crippen MR) is 91.8 cm³/mol. The molecule has 3 saturated carbocycles. The molecule has 1 N–H and O–H groups in total. The first-order valence-electron chi connectivity index (χ1n) is 9.50. The summed E-state index contributed by atoms with van der Waals surface area (Å²) < 4.78 is 5.14. The van der Waals surface area contributed by atoms with E-state index in [1.165, 1.54) is 7.11 Å². The van der Waals surface area contributed by atoms with E-state index in [1.807, 2.05) is 6.92 Å². The zero-order chi connectivity index (χ0) is 18.5. The van der Waals surface area contributed by atoms with Crippen LogP contribution in [0, 0.1) is 28.1 Å². The van der Waals surface area contributed by atoms with Crippen LogP contribution in [0.2, 0.25) is 0 Å². The number of rotatable bonds is 3. The van der Waals surface area contributed by atoms with Gasteiger partial charge in [-0.05, 0) is 61.7 Å². The first-order valence-corrected chi connectivity index (χ1v) is 9.50. The van der Waals surface area contributed by atoms with Gasteiger partial charge in [0.2, 0.25) is 0 Å². The second-order valence-corrected chi connectivity index (χ2v) is 9.10. The quantitative estimate of drug-likeness (QED) is 0.787. The second kappa shape index (κ2) is 6.10. The lowest BCUT2D eigenvalue weighted by molar-refractivity contribution is -0.189. The summed E-state index contributed by atoms with van der Waals surface area (Å²) in [4.78, 5) is 36.4. The Morgan fingerprint density at radius 2 is 1.88 bits per heavy atom. The second-order valence-electron chi connectivity index (χ2n) is 9.10. The van der Waals surface area contributed by atoms with E-state index in [0.717, 1.165) is 38.5 Å². The Hall–Kier alpha value is -1.39. The van der Waals surface area contributed by atoms with Gasteiger partial charge in [0.25, 0.3) is 0 Å². The van der Waals surface area contributed by atoms with Crippen molar-refractivity contribution in [1.82, 2.24) is 0 Å². The van der Waals surface area contributed by atoms with Gasteiger partial charge in [-0.2, -0.15) is 0 Å². The molecule has 3 aliphatic rings. The number of aliphatic carboxylic acids is 1. The average Bonchev–Trinajstić information content (AvgIpc) is 2.52. The van der Waals surface area contributed by atoms with Gasteiger partial charge in [-0.15, -0.1) is 0 Å². The number of fused-ring (bicyclic) bond motifs is 3. The number of carboxylic acid groups (broad SMARTS) is 1. The Balaban J connectivity index is 2.02. The third-order valence-electron chi connectivity index (χ3n) is 7.86. The lowest BCUT2D eigenvalue weighted by atomic mass is 9.40. The normalized spacial score (nSPS) is 43.7. The highest BCUT2D eigenvalue weighted by atomic mass is 16.5. The summed E-state index contributed by atoms with van der Waals surface area (Å²) in [6.07, 6.45) is 6.08. The minimum absolute atomic E-state index is 0.0701. The zero-order valence-corrected chi connectivity index (χ0v) is 15.6. The van der Waals surface area contributed by atoms with Crippen molar-refractivity contribution in [3.63, 3.8) is 0 Å². The molecule has 0 bridgehead atoms. The van der Waals surface area contributed by atoms with Crippen molar-refractivity contribution in [2.75, 3.05) is 7.11 Å². The molecular formula is C20H30O5. The lowest BCUT2D eigenvalue weighted by Gasteiger charge is -2.63. The van der Waals surface area contributed by atoms with Crippen LogP contribution in [0.25, 0.3) is 0 Å². The molecule has 140 valence electrons. The Morgan fingerprint density at radius 1 is 1.16 bits per heavy atom. The Kier molecular flexibility index (Phi) is 4.49. The van der Waals surface area contributed by atoms with Crippen molar-refractivity contribution in [1.29, 1.82) is 0 Å². The molecule has 0 aromatic rings. The van der Waals surface area contributed by atoms with E-state index in [2.05, 4.69) is 6.92 Å². The summed E-state index contributed by atoms with van der Waals surface area (Å²) >= 11 is 0. The van der Waals surface area contributed by atoms with Crippen LogP contribution in [0.1, 0.15) is 71.6 Å². The monoisotopic (exact) mass is 350 g/mol. The van der Waals surface area contributed by atoms with Gasteiger partial charge in [-0.3, -0.25) is 14.4 Å². The zero-order valence-electron chi connectivity index (χ0n) is 15.6. The van der Waals surface area contributed by atoms with Crippen molar-refractivity contribution in [2.45, 2.75) is 71.6 Å². The molecule has 3 aliphatic carbocycles. The molecule has 0 saturated heterocycles. The number of esters is 1. The van der Waals surface area contributed by atoms with Gasteiger partial charge < -0.3 is 9.84 Å². The molecule has 0 amide bonds. The van der Waals surface area contributed by atoms with Gasteiger partial charge in [-0.25, -0.2) is 0 Å². The number of carbonyl (C=O) groups is 3. The number of hydrogen-bond donors (Lipinski definition) is 1. The van der Waals surface area contributed by atoms with E-state index < -0.39 is 16.8 Å². The lowest BCUT2D eigenvalue weighted by Crippen LogP contribution is -2.60. The molecule has 0 aromatic carbocycles. The fourth-order valence-corrected chi connectivity index (χ4v) is 6.97. The number of hydrogen-bond acceptors (Lipinski definition) is 4. The molecule has 0 heterocycles. The molecule has 5 heteroatoms. The first kappa shape index (κ1) is 18.4. The highest BCUT2D eigenvalue weighted by Crippen LogP contribution is 2.68. The van der Waals surface area contributed by atoms with Crippen LogP contribution >= 0.6 is 0 Å². The minimum Gasteiger partial charge on any atom is -0.481 e. The largest absolute Gasteiger partial charge is 0.481 e. The molecule has 5 nitrogen and oxygen atoms in total. The van der Waals surface area contributed by atoms with Gasteiger partial charge in [0.15, 0.2) is 0 Å². The maximum atomic E-state index is 12.6. The average molecular weight is 350 g/mol. The summed E-state index contributed by atoms with van der Waals surface area (Å²) in [6.45, 7) is 4.27. The van der Waals surface area contributed by atoms with Gasteiger partial charge in [-0.1, -0.05) is 13.3 Å². The highest BCUT2D eigenvalue weighted by molar-refractivity contribution is 5.81. The standard InChI is InChI=1S/C20H30O5/c1-18-8-4-9-19(2,17(24)25-3)14(18)7-10-20(12-16(22)23)11-13(21)5-6-15(18)20/h14-15H,4-12H2,1-3H3,(H,22,23)/t14?,15?,18-,19-,20+/m1/s1. The van der Waals surface area contributed by atoms with Crippen LogP contribution in [0.3, 0.4) is 0 Å². The van der Waals surface area contributed by atoms with E-state index >= 15 is 0 Å². The van der Waals surface area contributed by atoms with E-state index in [-0.39, 0.29) is 35.4 Å². The summed E-state index contributed by atoms with van der Waals surface area (Å²) in [5.74, 6) is -0.362. The molecule has 0 aromatic heterocycles. The van der Waals surface area contributed by atoms with Crippen LogP contribution in [0.5, 0.6) is 0 Å². The van der Waals surface area contributed by atoms with Gasteiger partial charge >= 0.3 is 11.9 Å². The van der Waals surface area contributed by atoms with Crippen LogP contribution < -0.4 is 0 Å². The third kappa shape index (κ3) is 2.70. The van der Waals surface area contributed by atoms with Crippen LogP contribution in [0.4, 0.5) is 0 Å². The fraction of sp³-hybridized carbons (Fsp3) is 0.850. The minimum atomic E-state index is -0.812. The fourth-order valence-electron chi connectivity index (χ4n) is 6.97. The Morgan fingerprint density at radius 3 is 2.52 bits per heavy atom. The molecule has 2 unspecified atom stereocenters.